The first-order valence-electron chi connectivity index (χ1n) is 11.6. The summed E-state index contributed by atoms with van der Waals surface area (Å²) < 4.78 is 0. The number of ketones is 1. The average Bonchev–Trinajstić information content (AvgIpc) is 3.50. The van der Waals surface area contributed by atoms with E-state index < -0.39 is 0 Å². The third-order valence-electron chi connectivity index (χ3n) is 9.26. The van der Waals surface area contributed by atoms with Crippen molar-refractivity contribution >= 4 is 11.4 Å². The average molecular weight is 386 g/mol. The van der Waals surface area contributed by atoms with Gasteiger partial charge in [0.05, 0.1) is 0 Å². The summed E-state index contributed by atoms with van der Waals surface area (Å²) in [5.74, 6) is 3.20. The van der Waals surface area contributed by atoms with Crippen LogP contribution in [0.3, 0.4) is 0 Å². The van der Waals surface area contributed by atoms with E-state index in [-0.39, 0.29) is 10.8 Å². The van der Waals surface area contributed by atoms with Gasteiger partial charge in [-0.15, -0.1) is 0 Å². The van der Waals surface area contributed by atoms with E-state index in [1.54, 1.807) is 11.1 Å². The maximum absolute atomic E-state index is 12.3. The Morgan fingerprint density at radius 3 is 2.66 bits per heavy atom. The molecule has 0 aromatic carbocycles. The SMILES string of the molecule is C[C@]12CC[C@H]3[C@@H](CC(C4CC4)C4=CC(=O)CC[C@@]43C)C1=CC=C2c1cccnc1. The predicted molar refractivity (Wildman–Crippen MR) is 116 cm³/mol. The number of carbonyl (C=O) groups is 1. The van der Waals surface area contributed by atoms with Gasteiger partial charge in [-0.3, -0.25) is 9.78 Å². The molecule has 150 valence electrons. The Kier molecular flexibility index (Phi) is 3.71. The van der Waals surface area contributed by atoms with Gasteiger partial charge in [0.2, 0.25) is 0 Å². The Balaban J connectivity index is 1.40. The normalized spacial score (nSPS) is 41.0. The largest absolute Gasteiger partial charge is 0.295 e. The van der Waals surface area contributed by atoms with Crippen molar-refractivity contribution in [2.24, 2.45) is 34.5 Å². The number of aromatic nitrogens is 1. The minimum absolute atomic E-state index is 0.153. The van der Waals surface area contributed by atoms with Gasteiger partial charge in [-0.1, -0.05) is 43.2 Å². The van der Waals surface area contributed by atoms with Crippen LogP contribution in [0.5, 0.6) is 0 Å². The minimum Gasteiger partial charge on any atom is -0.295 e. The molecule has 5 atom stereocenters. The van der Waals surface area contributed by atoms with Crippen LogP contribution in [0.4, 0.5) is 0 Å². The molecule has 0 saturated heterocycles. The smallest absolute Gasteiger partial charge is 0.155 e. The van der Waals surface area contributed by atoms with Crippen molar-refractivity contribution in [3.63, 3.8) is 0 Å². The Labute approximate surface area is 174 Å². The first-order valence-corrected chi connectivity index (χ1v) is 11.6. The molecular formula is C27H31NO. The molecule has 2 heteroatoms. The Morgan fingerprint density at radius 1 is 1.03 bits per heavy atom. The van der Waals surface area contributed by atoms with E-state index in [4.69, 9.17) is 0 Å². The number of fused-ring (bicyclic) bond motifs is 5. The lowest BCUT2D eigenvalue weighted by atomic mass is 9.46. The summed E-state index contributed by atoms with van der Waals surface area (Å²) in [6, 6.07) is 4.28. The van der Waals surface area contributed by atoms with Crippen LogP contribution in [0.1, 0.15) is 64.4 Å². The maximum atomic E-state index is 12.3. The zero-order valence-corrected chi connectivity index (χ0v) is 17.7. The van der Waals surface area contributed by atoms with Crippen LogP contribution in [0.25, 0.3) is 5.57 Å². The van der Waals surface area contributed by atoms with Gasteiger partial charge in [-0.25, -0.2) is 0 Å². The van der Waals surface area contributed by atoms with E-state index >= 15 is 0 Å². The highest BCUT2D eigenvalue weighted by Gasteiger charge is 2.58. The molecule has 3 saturated carbocycles. The highest BCUT2D eigenvalue weighted by Crippen LogP contribution is 2.68. The third kappa shape index (κ3) is 2.47. The van der Waals surface area contributed by atoms with Crippen LogP contribution < -0.4 is 0 Å². The molecule has 0 radical (unpaired) electrons. The van der Waals surface area contributed by atoms with Crippen molar-refractivity contribution in [3.8, 4) is 0 Å². The first kappa shape index (κ1) is 17.9. The molecule has 1 heterocycles. The van der Waals surface area contributed by atoms with E-state index in [1.807, 2.05) is 12.4 Å². The van der Waals surface area contributed by atoms with Gasteiger partial charge >= 0.3 is 0 Å². The van der Waals surface area contributed by atoms with Crippen LogP contribution in [0, 0.1) is 34.5 Å². The zero-order chi connectivity index (χ0) is 19.8. The van der Waals surface area contributed by atoms with E-state index in [0.717, 1.165) is 18.8 Å². The predicted octanol–water partition coefficient (Wildman–Crippen LogP) is 6.16. The molecule has 5 aliphatic rings. The van der Waals surface area contributed by atoms with Crippen molar-refractivity contribution in [2.75, 3.05) is 0 Å². The van der Waals surface area contributed by atoms with E-state index in [0.29, 0.717) is 23.5 Å². The second kappa shape index (κ2) is 6.03. The second-order valence-electron chi connectivity index (χ2n) is 10.7. The molecule has 5 aliphatic carbocycles. The Bertz CT molecular complexity index is 966. The fraction of sp³-hybridized carbons (Fsp3) is 0.556. The highest BCUT2D eigenvalue weighted by atomic mass is 16.1. The molecule has 6 rings (SSSR count). The van der Waals surface area contributed by atoms with Crippen LogP contribution in [-0.4, -0.2) is 10.8 Å². The number of carbonyl (C=O) groups excluding carboxylic acids is 1. The van der Waals surface area contributed by atoms with Crippen molar-refractivity contribution in [2.45, 2.75) is 58.8 Å². The summed E-state index contributed by atoms with van der Waals surface area (Å²) in [7, 11) is 0. The summed E-state index contributed by atoms with van der Waals surface area (Å²) in [5, 5.41) is 0. The number of allylic oxidation sites excluding steroid dienone is 6. The molecule has 0 amide bonds. The van der Waals surface area contributed by atoms with Crippen LogP contribution in [0.2, 0.25) is 0 Å². The van der Waals surface area contributed by atoms with Gasteiger partial charge in [-0.05, 0) is 90.9 Å². The van der Waals surface area contributed by atoms with Crippen molar-refractivity contribution in [3.05, 3.63) is 59.5 Å². The number of nitrogens with zero attached hydrogens (tertiary/aromatic N) is 1. The number of hydrogen-bond donors (Lipinski definition) is 0. The van der Waals surface area contributed by atoms with E-state index in [1.165, 1.54) is 43.2 Å². The molecular weight excluding hydrogens is 354 g/mol. The van der Waals surface area contributed by atoms with Crippen molar-refractivity contribution < 1.29 is 4.79 Å². The Morgan fingerprint density at radius 2 is 1.90 bits per heavy atom. The minimum atomic E-state index is 0.153. The van der Waals surface area contributed by atoms with Gasteiger partial charge in [-0.2, -0.15) is 0 Å². The molecule has 0 spiro atoms. The lowest BCUT2D eigenvalue weighted by Gasteiger charge is -2.58. The number of hydrogen-bond acceptors (Lipinski definition) is 2. The molecule has 1 aromatic rings. The molecule has 1 aromatic heterocycles. The lowest BCUT2D eigenvalue weighted by molar-refractivity contribution is -0.116. The molecule has 0 N–H and O–H groups in total. The summed E-state index contributed by atoms with van der Waals surface area (Å²) in [6.45, 7) is 4.98. The molecule has 3 fully saturated rings. The van der Waals surface area contributed by atoms with Gasteiger partial charge in [0.25, 0.3) is 0 Å². The maximum Gasteiger partial charge on any atom is 0.155 e. The third-order valence-corrected chi connectivity index (χ3v) is 9.26. The fourth-order valence-corrected chi connectivity index (χ4v) is 7.57. The summed E-state index contributed by atoms with van der Waals surface area (Å²) in [6.07, 6.45) is 19.1. The quantitative estimate of drug-likeness (QED) is 0.610. The fourth-order valence-electron chi connectivity index (χ4n) is 7.57. The second-order valence-corrected chi connectivity index (χ2v) is 10.7. The van der Waals surface area contributed by atoms with E-state index in [2.05, 4.69) is 49.2 Å². The summed E-state index contributed by atoms with van der Waals surface area (Å²) in [4.78, 5) is 16.7. The van der Waals surface area contributed by atoms with Gasteiger partial charge < -0.3 is 0 Å². The highest BCUT2D eigenvalue weighted by molar-refractivity contribution is 5.92. The topological polar surface area (TPSA) is 30.0 Å². The van der Waals surface area contributed by atoms with Crippen LogP contribution >= 0.6 is 0 Å². The molecule has 0 bridgehead atoms. The first-order chi connectivity index (χ1) is 14.0. The zero-order valence-electron chi connectivity index (χ0n) is 17.7. The molecule has 2 nitrogen and oxygen atoms in total. The molecule has 0 aliphatic heterocycles. The summed E-state index contributed by atoms with van der Waals surface area (Å²) in [5.41, 5.74) is 6.34. The van der Waals surface area contributed by atoms with Gasteiger partial charge in [0.15, 0.2) is 5.78 Å². The number of pyridine rings is 1. The summed E-state index contributed by atoms with van der Waals surface area (Å²) >= 11 is 0. The van der Waals surface area contributed by atoms with Crippen LogP contribution in [0.15, 0.2) is 53.9 Å². The van der Waals surface area contributed by atoms with Crippen molar-refractivity contribution in [1.82, 2.24) is 4.98 Å². The lowest BCUT2D eigenvalue weighted by Crippen LogP contribution is -2.50. The van der Waals surface area contributed by atoms with E-state index in [9.17, 15) is 4.79 Å². The van der Waals surface area contributed by atoms with Crippen LogP contribution in [-0.2, 0) is 4.79 Å². The van der Waals surface area contributed by atoms with Crippen molar-refractivity contribution in [1.29, 1.82) is 0 Å². The molecule has 1 unspecified atom stereocenters. The Hall–Kier alpha value is -1.96. The number of rotatable bonds is 2. The van der Waals surface area contributed by atoms with Gasteiger partial charge in [0, 0.05) is 24.2 Å². The molecule has 29 heavy (non-hydrogen) atoms. The monoisotopic (exact) mass is 385 g/mol. The van der Waals surface area contributed by atoms with Gasteiger partial charge in [0.1, 0.15) is 0 Å². The standard InChI is InChI=1S/C27H31NO/c1-26-12-10-24-21(23(26)8-7-22(26)18-4-3-13-28-16-18)15-20(17-5-6-17)25-14-19(29)9-11-27(24,25)2/h3-4,7-8,13-14,16-17,20-21,24H,5-6,9-12,15H2,1-2H3/t20?,21-,24-,26+,27+/m0/s1.